The quantitative estimate of drug-likeness (QED) is 0.776. The Labute approximate surface area is 122 Å². The maximum atomic E-state index is 12.0. The Bertz CT molecular complexity index is 494. The van der Waals surface area contributed by atoms with Gasteiger partial charge in [-0.2, -0.15) is 0 Å². The molecule has 0 saturated carbocycles. The van der Waals surface area contributed by atoms with Gasteiger partial charge in [0, 0.05) is 11.7 Å². The average Bonchev–Trinajstić information content (AvgIpc) is 2.65. The lowest BCUT2D eigenvalue weighted by Crippen LogP contribution is -2.27. The molecule has 1 aromatic rings. The van der Waals surface area contributed by atoms with Gasteiger partial charge in [0.1, 0.15) is 0 Å². The number of anilines is 1. The molecule has 0 aliphatic carbocycles. The first-order valence-corrected chi connectivity index (χ1v) is 7.63. The van der Waals surface area contributed by atoms with Crippen molar-refractivity contribution in [1.29, 1.82) is 0 Å². The zero-order chi connectivity index (χ0) is 14.8. The van der Waals surface area contributed by atoms with Crippen LogP contribution < -0.4 is 10.6 Å². The third kappa shape index (κ3) is 2.73. The molecule has 1 aliphatic heterocycles. The lowest BCUT2D eigenvalue weighted by atomic mass is 9.84. The van der Waals surface area contributed by atoms with E-state index in [-0.39, 0.29) is 5.91 Å². The molecule has 0 fully saturated rings. The van der Waals surface area contributed by atoms with E-state index < -0.39 is 5.41 Å². The van der Waals surface area contributed by atoms with E-state index in [4.69, 9.17) is 0 Å². The summed E-state index contributed by atoms with van der Waals surface area (Å²) in [6.07, 6.45) is 4.89. The number of benzene rings is 1. The molecule has 1 unspecified atom stereocenters. The average molecular weight is 274 g/mol. The Kier molecular flexibility index (Phi) is 4.48. The highest BCUT2D eigenvalue weighted by molar-refractivity contribution is 6.05. The predicted molar refractivity (Wildman–Crippen MR) is 84.0 cm³/mol. The van der Waals surface area contributed by atoms with Crippen LogP contribution in [0.2, 0.25) is 0 Å². The van der Waals surface area contributed by atoms with Crippen LogP contribution in [0.25, 0.3) is 0 Å². The molecular weight excluding hydrogens is 248 g/mol. The fraction of sp³-hybridized carbons (Fsp3) is 0.588. The van der Waals surface area contributed by atoms with E-state index >= 15 is 0 Å². The van der Waals surface area contributed by atoms with E-state index in [1.165, 1.54) is 24.8 Å². The zero-order valence-electron chi connectivity index (χ0n) is 13.0. The Morgan fingerprint density at radius 3 is 2.70 bits per heavy atom. The molecule has 1 atom stereocenters. The fourth-order valence-corrected chi connectivity index (χ4v) is 2.88. The van der Waals surface area contributed by atoms with Gasteiger partial charge in [-0.1, -0.05) is 38.3 Å². The molecule has 0 radical (unpaired) electrons. The number of unbranched alkanes of at least 4 members (excludes halogenated alkanes) is 2. The Morgan fingerprint density at radius 1 is 1.30 bits per heavy atom. The molecule has 3 heteroatoms. The van der Waals surface area contributed by atoms with Crippen molar-refractivity contribution in [2.45, 2.75) is 57.9 Å². The van der Waals surface area contributed by atoms with Crippen molar-refractivity contribution in [3.8, 4) is 0 Å². The van der Waals surface area contributed by atoms with Crippen molar-refractivity contribution in [2.24, 2.45) is 0 Å². The molecule has 0 spiro atoms. The highest BCUT2D eigenvalue weighted by Crippen LogP contribution is 2.39. The van der Waals surface area contributed by atoms with Crippen LogP contribution in [0, 0.1) is 0 Å². The second kappa shape index (κ2) is 5.96. The molecule has 3 nitrogen and oxygen atoms in total. The van der Waals surface area contributed by atoms with Gasteiger partial charge in [0.05, 0.1) is 5.41 Å². The highest BCUT2D eigenvalue weighted by Gasteiger charge is 2.38. The SMILES string of the molecule is CCCCCC(NC)c1ccc2c(c1)C(C)(C)C(=O)N2. The van der Waals surface area contributed by atoms with Crippen molar-refractivity contribution in [1.82, 2.24) is 5.32 Å². The number of carbonyl (C=O) groups excluding carboxylic acids is 1. The first-order valence-electron chi connectivity index (χ1n) is 7.63. The summed E-state index contributed by atoms with van der Waals surface area (Å²) in [5.74, 6) is 0.0941. The Hall–Kier alpha value is -1.35. The van der Waals surface area contributed by atoms with Crippen LogP contribution in [0.5, 0.6) is 0 Å². The number of amides is 1. The van der Waals surface area contributed by atoms with Gasteiger partial charge < -0.3 is 10.6 Å². The Balaban J connectivity index is 2.22. The van der Waals surface area contributed by atoms with Gasteiger partial charge in [0.25, 0.3) is 0 Å². The van der Waals surface area contributed by atoms with Gasteiger partial charge in [-0.25, -0.2) is 0 Å². The summed E-state index contributed by atoms with van der Waals surface area (Å²) in [7, 11) is 2.01. The van der Waals surface area contributed by atoms with Crippen molar-refractivity contribution in [3.05, 3.63) is 29.3 Å². The van der Waals surface area contributed by atoms with Crippen LogP contribution in [0.1, 0.15) is 63.6 Å². The summed E-state index contributed by atoms with van der Waals surface area (Å²) < 4.78 is 0. The molecule has 20 heavy (non-hydrogen) atoms. The number of fused-ring (bicyclic) bond motifs is 1. The van der Waals surface area contributed by atoms with Crippen LogP contribution in [0.3, 0.4) is 0 Å². The number of nitrogens with one attached hydrogen (secondary N) is 2. The molecule has 0 saturated heterocycles. The predicted octanol–water partition coefficient (Wildman–Crippen LogP) is 3.76. The van der Waals surface area contributed by atoms with E-state index in [0.717, 1.165) is 17.7 Å². The normalized spacial score (nSPS) is 17.7. The largest absolute Gasteiger partial charge is 0.325 e. The number of hydrogen-bond donors (Lipinski definition) is 2. The maximum Gasteiger partial charge on any atom is 0.234 e. The van der Waals surface area contributed by atoms with Gasteiger partial charge in [-0.15, -0.1) is 0 Å². The lowest BCUT2D eigenvalue weighted by molar-refractivity contribution is -0.119. The second-order valence-corrected chi connectivity index (χ2v) is 6.22. The monoisotopic (exact) mass is 274 g/mol. The molecule has 0 bridgehead atoms. The minimum absolute atomic E-state index is 0.0941. The number of carbonyl (C=O) groups is 1. The van der Waals surface area contributed by atoms with E-state index in [0.29, 0.717) is 6.04 Å². The van der Waals surface area contributed by atoms with Crippen LogP contribution in [-0.4, -0.2) is 13.0 Å². The smallest absolute Gasteiger partial charge is 0.234 e. The summed E-state index contributed by atoms with van der Waals surface area (Å²) in [6.45, 7) is 6.20. The first-order chi connectivity index (χ1) is 9.50. The zero-order valence-corrected chi connectivity index (χ0v) is 13.0. The topological polar surface area (TPSA) is 41.1 Å². The first kappa shape index (κ1) is 15.0. The third-order valence-electron chi connectivity index (χ3n) is 4.38. The van der Waals surface area contributed by atoms with Gasteiger partial charge >= 0.3 is 0 Å². The molecular formula is C17H26N2O. The number of hydrogen-bond acceptors (Lipinski definition) is 2. The van der Waals surface area contributed by atoms with Crippen LogP contribution >= 0.6 is 0 Å². The van der Waals surface area contributed by atoms with Crippen molar-refractivity contribution in [2.75, 3.05) is 12.4 Å². The standard InChI is InChI=1S/C17H26N2O/c1-5-6-7-8-14(18-4)12-9-10-15-13(11-12)17(2,3)16(20)19-15/h9-11,14,18H,5-8H2,1-4H3,(H,19,20). The molecule has 1 heterocycles. The molecule has 2 rings (SSSR count). The van der Waals surface area contributed by atoms with E-state index in [2.05, 4.69) is 29.7 Å². The molecule has 1 aliphatic rings. The van der Waals surface area contributed by atoms with Crippen LogP contribution in [-0.2, 0) is 10.2 Å². The molecule has 0 aromatic heterocycles. The third-order valence-corrected chi connectivity index (χ3v) is 4.38. The van der Waals surface area contributed by atoms with Crippen molar-refractivity contribution < 1.29 is 4.79 Å². The molecule has 1 amide bonds. The summed E-state index contributed by atoms with van der Waals surface area (Å²) in [5, 5.41) is 6.37. The van der Waals surface area contributed by atoms with Gasteiger partial charge in [0.2, 0.25) is 5.91 Å². The van der Waals surface area contributed by atoms with Gasteiger partial charge in [-0.3, -0.25) is 4.79 Å². The lowest BCUT2D eigenvalue weighted by Gasteiger charge is -2.20. The van der Waals surface area contributed by atoms with E-state index in [1.54, 1.807) is 0 Å². The fourth-order valence-electron chi connectivity index (χ4n) is 2.88. The molecule has 2 N–H and O–H groups in total. The minimum atomic E-state index is -0.424. The highest BCUT2D eigenvalue weighted by atomic mass is 16.2. The summed E-state index contributed by atoms with van der Waals surface area (Å²) in [6, 6.07) is 6.74. The molecule has 110 valence electrons. The van der Waals surface area contributed by atoms with E-state index in [9.17, 15) is 4.79 Å². The summed E-state index contributed by atoms with van der Waals surface area (Å²) in [4.78, 5) is 12.0. The van der Waals surface area contributed by atoms with Crippen LogP contribution in [0.15, 0.2) is 18.2 Å². The van der Waals surface area contributed by atoms with Gasteiger partial charge in [-0.05, 0) is 44.5 Å². The second-order valence-electron chi connectivity index (χ2n) is 6.22. The summed E-state index contributed by atoms with van der Waals surface area (Å²) in [5.41, 5.74) is 2.95. The molecule has 1 aromatic carbocycles. The van der Waals surface area contributed by atoms with Crippen molar-refractivity contribution >= 4 is 11.6 Å². The maximum absolute atomic E-state index is 12.0. The number of rotatable bonds is 6. The van der Waals surface area contributed by atoms with Gasteiger partial charge in [0.15, 0.2) is 0 Å². The summed E-state index contributed by atoms with van der Waals surface area (Å²) >= 11 is 0. The Morgan fingerprint density at radius 2 is 2.05 bits per heavy atom. The van der Waals surface area contributed by atoms with Crippen molar-refractivity contribution in [3.63, 3.8) is 0 Å². The van der Waals surface area contributed by atoms with Crippen LogP contribution in [0.4, 0.5) is 5.69 Å². The minimum Gasteiger partial charge on any atom is -0.325 e. The van der Waals surface area contributed by atoms with E-state index in [1.807, 2.05) is 27.0 Å².